The summed E-state index contributed by atoms with van der Waals surface area (Å²) < 4.78 is 11.8. The molecule has 1 amide bonds. The van der Waals surface area contributed by atoms with Crippen molar-refractivity contribution in [3.8, 4) is 22.6 Å². The Bertz CT molecular complexity index is 1660. The van der Waals surface area contributed by atoms with E-state index in [2.05, 4.69) is 47.0 Å². The molecule has 0 saturated heterocycles. The highest BCUT2D eigenvalue weighted by molar-refractivity contribution is 5.95. The summed E-state index contributed by atoms with van der Waals surface area (Å²) in [6.45, 7) is 0.759. The monoisotopic (exact) mass is 570 g/mol. The standard InChI is InChI=1S/C36H34N4O3/c1-42-33-22-30(18-21-32(33)43-24-26-12-14-28(15-13-26)27-10-6-3-7-11-27)34(36(41)39-23-25-8-4-2-5-9-25)40-31-19-16-29(17-20-31)35(37)38/h2-22,34,40H,23-24H2,1H3,(H3,37,38)(H,39,41)/t34-/m0/s1. The van der Waals surface area contributed by atoms with Gasteiger partial charge in [-0.05, 0) is 64.2 Å². The van der Waals surface area contributed by atoms with E-state index in [1.807, 2.05) is 66.7 Å². The van der Waals surface area contributed by atoms with Gasteiger partial charge in [0.05, 0.1) is 7.11 Å². The summed E-state index contributed by atoms with van der Waals surface area (Å²) in [5.74, 6) is 0.880. The summed E-state index contributed by atoms with van der Waals surface area (Å²) in [7, 11) is 1.58. The zero-order chi connectivity index (χ0) is 30.0. The van der Waals surface area contributed by atoms with Crippen LogP contribution in [0.25, 0.3) is 11.1 Å². The number of rotatable bonds is 12. The third-order valence-corrected chi connectivity index (χ3v) is 7.06. The van der Waals surface area contributed by atoms with Crippen molar-refractivity contribution in [1.29, 1.82) is 5.41 Å². The van der Waals surface area contributed by atoms with E-state index in [-0.39, 0.29) is 11.7 Å². The number of benzene rings is 5. The lowest BCUT2D eigenvalue weighted by atomic mass is 10.0. The van der Waals surface area contributed by atoms with Gasteiger partial charge in [0.25, 0.3) is 0 Å². The smallest absolute Gasteiger partial charge is 0.247 e. The Balaban J connectivity index is 1.33. The van der Waals surface area contributed by atoms with Crippen molar-refractivity contribution in [2.24, 2.45) is 5.73 Å². The van der Waals surface area contributed by atoms with Crippen LogP contribution < -0.4 is 25.8 Å². The molecule has 0 unspecified atom stereocenters. The zero-order valence-corrected chi connectivity index (χ0v) is 23.9. The molecule has 0 radical (unpaired) electrons. The van der Waals surface area contributed by atoms with E-state index in [1.54, 1.807) is 31.4 Å². The number of nitrogen functional groups attached to an aromatic ring is 1. The molecule has 7 nitrogen and oxygen atoms in total. The highest BCUT2D eigenvalue weighted by Crippen LogP contribution is 2.33. The number of amidine groups is 1. The van der Waals surface area contributed by atoms with E-state index in [9.17, 15) is 4.79 Å². The molecule has 5 rings (SSSR count). The summed E-state index contributed by atoms with van der Waals surface area (Å²) >= 11 is 0. The molecule has 5 aromatic carbocycles. The Morgan fingerprint density at radius 3 is 2.07 bits per heavy atom. The molecule has 1 atom stereocenters. The normalized spacial score (nSPS) is 11.3. The molecule has 0 bridgehead atoms. The fourth-order valence-electron chi connectivity index (χ4n) is 4.67. The maximum atomic E-state index is 13.5. The molecule has 0 saturated carbocycles. The van der Waals surface area contributed by atoms with Gasteiger partial charge in [-0.1, -0.05) is 91.0 Å². The molecular formula is C36H34N4O3. The fraction of sp³-hybridized carbons (Fsp3) is 0.111. The second-order valence-corrected chi connectivity index (χ2v) is 10.0. The van der Waals surface area contributed by atoms with Crippen LogP contribution in [0.5, 0.6) is 11.5 Å². The number of ether oxygens (including phenoxy) is 2. The Labute approximate surface area is 251 Å². The first-order chi connectivity index (χ1) is 21.0. The van der Waals surface area contributed by atoms with Gasteiger partial charge in [-0.3, -0.25) is 10.2 Å². The minimum absolute atomic E-state index is 0.0174. The van der Waals surface area contributed by atoms with Gasteiger partial charge >= 0.3 is 0 Å². The van der Waals surface area contributed by atoms with E-state index >= 15 is 0 Å². The van der Waals surface area contributed by atoms with Crippen LogP contribution in [-0.2, 0) is 17.9 Å². The van der Waals surface area contributed by atoms with Crippen molar-refractivity contribution in [2.75, 3.05) is 12.4 Å². The number of hydrogen-bond donors (Lipinski definition) is 4. The molecule has 5 aromatic rings. The third kappa shape index (κ3) is 7.59. The van der Waals surface area contributed by atoms with Crippen molar-refractivity contribution in [2.45, 2.75) is 19.2 Å². The molecule has 0 aliphatic carbocycles. The van der Waals surface area contributed by atoms with Crippen molar-refractivity contribution < 1.29 is 14.3 Å². The van der Waals surface area contributed by atoms with Gasteiger partial charge in [0.1, 0.15) is 18.5 Å². The van der Waals surface area contributed by atoms with Crippen LogP contribution in [0.4, 0.5) is 5.69 Å². The Hall–Kier alpha value is -5.56. The maximum Gasteiger partial charge on any atom is 0.247 e. The summed E-state index contributed by atoms with van der Waals surface area (Å²) in [6, 6.07) is 40.1. The molecule has 0 heterocycles. The largest absolute Gasteiger partial charge is 0.493 e. The van der Waals surface area contributed by atoms with Gasteiger partial charge in [-0.15, -0.1) is 0 Å². The van der Waals surface area contributed by atoms with Crippen molar-refractivity contribution in [3.05, 3.63) is 150 Å². The molecule has 0 spiro atoms. The Morgan fingerprint density at radius 1 is 0.767 bits per heavy atom. The molecule has 0 aliphatic heterocycles. The lowest BCUT2D eigenvalue weighted by Crippen LogP contribution is -2.33. The van der Waals surface area contributed by atoms with E-state index in [0.29, 0.717) is 41.5 Å². The summed E-state index contributed by atoms with van der Waals surface area (Å²) in [4.78, 5) is 13.5. The van der Waals surface area contributed by atoms with Crippen LogP contribution in [0.3, 0.4) is 0 Å². The number of amides is 1. The van der Waals surface area contributed by atoms with E-state index in [0.717, 1.165) is 22.3 Å². The number of anilines is 1. The molecule has 0 fully saturated rings. The van der Waals surface area contributed by atoms with Crippen LogP contribution in [-0.4, -0.2) is 18.9 Å². The van der Waals surface area contributed by atoms with Crippen molar-refractivity contribution >= 4 is 17.4 Å². The van der Waals surface area contributed by atoms with Gasteiger partial charge in [0.15, 0.2) is 11.5 Å². The minimum atomic E-state index is -0.722. The molecule has 7 heteroatoms. The Kier molecular flexibility index (Phi) is 9.34. The SMILES string of the molecule is COc1cc([C@H](Nc2ccc(C(=N)N)cc2)C(=O)NCc2ccccc2)ccc1OCc1ccc(-c2ccccc2)cc1. The molecule has 0 aromatic heterocycles. The van der Waals surface area contributed by atoms with Crippen LogP contribution in [0, 0.1) is 5.41 Å². The van der Waals surface area contributed by atoms with Gasteiger partial charge < -0.3 is 25.8 Å². The first kappa shape index (κ1) is 29.0. The van der Waals surface area contributed by atoms with Gasteiger partial charge in [0.2, 0.25) is 5.91 Å². The zero-order valence-electron chi connectivity index (χ0n) is 23.9. The Morgan fingerprint density at radius 2 is 1.42 bits per heavy atom. The third-order valence-electron chi connectivity index (χ3n) is 7.06. The topological polar surface area (TPSA) is 109 Å². The summed E-state index contributed by atoms with van der Waals surface area (Å²) in [5.41, 5.74) is 12.0. The number of nitrogens with one attached hydrogen (secondary N) is 3. The van der Waals surface area contributed by atoms with Gasteiger partial charge in [-0.25, -0.2) is 0 Å². The van der Waals surface area contributed by atoms with E-state index in [4.69, 9.17) is 20.6 Å². The minimum Gasteiger partial charge on any atom is -0.493 e. The summed E-state index contributed by atoms with van der Waals surface area (Å²) in [6.07, 6.45) is 0. The fourth-order valence-corrected chi connectivity index (χ4v) is 4.67. The predicted octanol–water partition coefficient (Wildman–Crippen LogP) is 6.69. The molecule has 0 aliphatic rings. The van der Waals surface area contributed by atoms with E-state index < -0.39 is 6.04 Å². The van der Waals surface area contributed by atoms with Crippen molar-refractivity contribution in [3.63, 3.8) is 0 Å². The predicted molar refractivity (Wildman–Crippen MR) is 171 cm³/mol. The second kappa shape index (κ2) is 13.9. The summed E-state index contributed by atoms with van der Waals surface area (Å²) in [5, 5.41) is 14.0. The van der Waals surface area contributed by atoms with Crippen LogP contribution in [0.15, 0.2) is 127 Å². The van der Waals surface area contributed by atoms with Crippen LogP contribution in [0.1, 0.15) is 28.3 Å². The number of carbonyl (C=O) groups excluding carboxylic acids is 1. The van der Waals surface area contributed by atoms with Gasteiger partial charge in [0, 0.05) is 17.8 Å². The highest BCUT2D eigenvalue weighted by atomic mass is 16.5. The van der Waals surface area contributed by atoms with Crippen molar-refractivity contribution in [1.82, 2.24) is 5.32 Å². The first-order valence-corrected chi connectivity index (χ1v) is 14.0. The van der Waals surface area contributed by atoms with Crippen LogP contribution in [0.2, 0.25) is 0 Å². The second-order valence-electron chi connectivity index (χ2n) is 10.0. The molecule has 216 valence electrons. The lowest BCUT2D eigenvalue weighted by Gasteiger charge is -2.22. The number of nitrogens with two attached hydrogens (primary N) is 1. The average molecular weight is 571 g/mol. The molecular weight excluding hydrogens is 536 g/mol. The quantitative estimate of drug-likeness (QED) is 0.0987. The number of hydrogen-bond acceptors (Lipinski definition) is 5. The lowest BCUT2D eigenvalue weighted by molar-refractivity contribution is -0.122. The van der Waals surface area contributed by atoms with E-state index in [1.165, 1.54) is 0 Å². The molecule has 5 N–H and O–H groups in total. The highest BCUT2D eigenvalue weighted by Gasteiger charge is 2.22. The maximum absolute atomic E-state index is 13.5. The number of carbonyl (C=O) groups is 1. The van der Waals surface area contributed by atoms with Crippen LogP contribution >= 0.6 is 0 Å². The van der Waals surface area contributed by atoms with Gasteiger partial charge in [-0.2, -0.15) is 0 Å². The first-order valence-electron chi connectivity index (χ1n) is 14.0. The average Bonchev–Trinajstić information content (AvgIpc) is 3.06. The molecule has 43 heavy (non-hydrogen) atoms. The number of methoxy groups -OCH3 is 1.